The molecule has 19 heavy (non-hydrogen) atoms. The van der Waals surface area contributed by atoms with E-state index in [0.717, 1.165) is 11.8 Å². The van der Waals surface area contributed by atoms with Gasteiger partial charge in [-0.15, -0.1) is 11.6 Å². The van der Waals surface area contributed by atoms with Gasteiger partial charge in [0.15, 0.2) is 0 Å². The number of halogens is 1. The largest absolute Gasteiger partial charge is 0.118 e. The van der Waals surface area contributed by atoms with Crippen LogP contribution in [0, 0.1) is 52.4 Å². The third kappa shape index (κ3) is 2.03. The van der Waals surface area contributed by atoms with Gasteiger partial charge in [-0.05, 0) is 105 Å². The van der Waals surface area contributed by atoms with Gasteiger partial charge in [-0.1, -0.05) is 0 Å². The van der Waals surface area contributed by atoms with E-state index in [1.807, 2.05) is 0 Å². The maximum absolute atomic E-state index is 6.91. The Balaban J connectivity index is 1.99. The molecule has 2 fully saturated rings. The van der Waals surface area contributed by atoms with Crippen molar-refractivity contribution in [3.63, 3.8) is 0 Å². The molecular formula is C18H25Cl. The van der Waals surface area contributed by atoms with Crippen molar-refractivity contribution in [2.24, 2.45) is 17.8 Å². The molecule has 3 rings (SSSR count). The van der Waals surface area contributed by atoms with Crippen LogP contribution >= 0.6 is 11.6 Å². The summed E-state index contributed by atoms with van der Waals surface area (Å²) >= 11 is 6.91. The summed E-state index contributed by atoms with van der Waals surface area (Å²) in [6.45, 7) is 11.2. The van der Waals surface area contributed by atoms with E-state index in [4.69, 9.17) is 11.6 Å². The van der Waals surface area contributed by atoms with Crippen LogP contribution in [-0.4, -0.2) is 0 Å². The van der Waals surface area contributed by atoms with Gasteiger partial charge in [-0.25, -0.2) is 0 Å². The maximum Gasteiger partial charge on any atom is 0.0618 e. The average molecular weight is 277 g/mol. The van der Waals surface area contributed by atoms with Crippen LogP contribution in [0.3, 0.4) is 0 Å². The van der Waals surface area contributed by atoms with E-state index in [1.54, 1.807) is 0 Å². The minimum atomic E-state index is 0.228. The summed E-state index contributed by atoms with van der Waals surface area (Å²) < 4.78 is 0. The number of benzene rings is 1. The van der Waals surface area contributed by atoms with E-state index in [1.165, 1.54) is 52.6 Å². The van der Waals surface area contributed by atoms with E-state index in [2.05, 4.69) is 34.6 Å². The fourth-order valence-electron chi connectivity index (χ4n) is 4.18. The van der Waals surface area contributed by atoms with Crippen molar-refractivity contribution in [2.75, 3.05) is 0 Å². The Morgan fingerprint density at radius 2 is 1.16 bits per heavy atom. The second-order valence-corrected chi connectivity index (χ2v) is 7.40. The number of hydrogen-bond acceptors (Lipinski definition) is 0. The summed E-state index contributed by atoms with van der Waals surface area (Å²) in [7, 11) is 0. The Kier molecular flexibility index (Phi) is 3.21. The molecule has 3 atom stereocenters. The van der Waals surface area contributed by atoms with Crippen LogP contribution in [0.1, 0.15) is 58.0 Å². The maximum atomic E-state index is 6.91. The Morgan fingerprint density at radius 3 is 1.63 bits per heavy atom. The molecule has 0 bridgehead atoms. The lowest BCUT2D eigenvalue weighted by molar-refractivity contribution is 0.469. The highest BCUT2D eigenvalue weighted by Crippen LogP contribution is 2.58. The first-order valence-corrected chi connectivity index (χ1v) is 8.06. The molecule has 0 aliphatic heterocycles. The number of fused-ring (bicyclic) bond motifs is 1. The molecule has 0 aromatic heterocycles. The first-order chi connectivity index (χ1) is 8.91. The van der Waals surface area contributed by atoms with Crippen LogP contribution in [0.4, 0.5) is 0 Å². The number of alkyl halides is 1. The molecule has 0 saturated heterocycles. The van der Waals surface area contributed by atoms with Gasteiger partial charge < -0.3 is 0 Å². The van der Waals surface area contributed by atoms with Crippen LogP contribution in [-0.2, 0) is 0 Å². The molecular weight excluding hydrogens is 252 g/mol. The molecule has 0 N–H and O–H groups in total. The van der Waals surface area contributed by atoms with Crippen molar-refractivity contribution in [1.29, 1.82) is 0 Å². The number of hydrogen-bond donors (Lipinski definition) is 0. The number of rotatable bonds is 2. The van der Waals surface area contributed by atoms with E-state index < -0.39 is 0 Å². The summed E-state index contributed by atoms with van der Waals surface area (Å²) in [5, 5.41) is 0.228. The fourth-order valence-corrected chi connectivity index (χ4v) is 4.71. The molecule has 2 aliphatic carbocycles. The average Bonchev–Trinajstić information content (AvgIpc) is 3.00. The normalized spacial score (nSPS) is 30.3. The molecule has 1 aromatic rings. The Hall–Kier alpha value is -0.490. The van der Waals surface area contributed by atoms with Crippen molar-refractivity contribution in [3.05, 3.63) is 33.4 Å². The monoisotopic (exact) mass is 276 g/mol. The van der Waals surface area contributed by atoms with Crippen molar-refractivity contribution in [1.82, 2.24) is 0 Å². The predicted molar refractivity (Wildman–Crippen MR) is 83.0 cm³/mol. The molecule has 3 unspecified atom stereocenters. The van der Waals surface area contributed by atoms with E-state index >= 15 is 0 Å². The van der Waals surface area contributed by atoms with Gasteiger partial charge >= 0.3 is 0 Å². The van der Waals surface area contributed by atoms with Crippen LogP contribution in [0.15, 0.2) is 0 Å². The standard InChI is InChI=1S/C18H25Cl/c1-9-10(2)12(4)17(13(5)11(9)3)18(19)16-7-14-6-15(14)8-16/h14-16,18H,6-8H2,1-5H3. The molecule has 0 nitrogen and oxygen atoms in total. The molecule has 1 heteroatoms. The molecule has 0 spiro atoms. The van der Waals surface area contributed by atoms with Crippen molar-refractivity contribution in [2.45, 2.75) is 59.3 Å². The van der Waals surface area contributed by atoms with Gasteiger partial charge in [0.25, 0.3) is 0 Å². The van der Waals surface area contributed by atoms with E-state index in [0.29, 0.717) is 5.92 Å². The highest BCUT2D eigenvalue weighted by molar-refractivity contribution is 6.21. The van der Waals surface area contributed by atoms with Crippen molar-refractivity contribution < 1.29 is 0 Å². The van der Waals surface area contributed by atoms with Crippen molar-refractivity contribution in [3.8, 4) is 0 Å². The lowest BCUT2D eigenvalue weighted by Crippen LogP contribution is -2.12. The summed E-state index contributed by atoms with van der Waals surface area (Å²) in [4.78, 5) is 0. The molecule has 0 amide bonds. The van der Waals surface area contributed by atoms with Gasteiger partial charge in [0.2, 0.25) is 0 Å². The quantitative estimate of drug-likeness (QED) is 0.621. The van der Waals surface area contributed by atoms with Crippen molar-refractivity contribution >= 4 is 11.6 Å². The second kappa shape index (κ2) is 4.52. The van der Waals surface area contributed by atoms with Crippen LogP contribution in [0.5, 0.6) is 0 Å². The molecule has 0 heterocycles. The second-order valence-electron chi connectivity index (χ2n) is 6.93. The Labute approximate surface area is 122 Å². The topological polar surface area (TPSA) is 0 Å². The predicted octanol–water partition coefficient (Wildman–Crippen LogP) is 5.55. The summed E-state index contributed by atoms with van der Waals surface area (Å²) in [6, 6.07) is 0. The van der Waals surface area contributed by atoms with Gasteiger partial charge in [0, 0.05) is 0 Å². The minimum Gasteiger partial charge on any atom is -0.118 e. The third-order valence-corrected chi connectivity index (χ3v) is 6.60. The van der Waals surface area contributed by atoms with Gasteiger partial charge in [0.05, 0.1) is 5.38 Å². The highest BCUT2D eigenvalue weighted by Gasteiger charge is 2.48. The zero-order chi connectivity index (χ0) is 13.9. The Morgan fingerprint density at radius 1 is 0.737 bits per heavy atom. The van der Waals surface area contributed by atoms with Crippen LogP contribution in [0.2, 0.25) is 0 Å². The van der Waals surface area contributed by atoms with E-state index in [9.17, 15) is 0 Å². The van der Waals surface area contributed by atoms with Gasteiger partial charge in [-0.3, -0.25) is 0 Å². The summed E-state index contributed by atoms with van der Waals surface area (Å²) in [5.74, 6) is 2.74. The zero-order valence-corrected chi connectivity index (χ0v) is 13.6. The Bertz CT molecular complexity index is 490. The first-order valence-electron chi connectivity index (χ1n) is 7.62. The summed E-state index contributed by atoms with van der Waals surface area (Å²) in [5.41, 5.74) is 8.62. The highest BCUT2D eigenvalue weighted by atomic mass is 35.5. The first kappa shape index (κ1) is 13.5. The molecule has 104 valence electrons. The lowest BCUT2D eigenvalue weighted by atomic mass is 9.83. The fraction of sp³-hybridized carbons (Fsp3) is 0.667. The molecule has 0 radical (unpaired) electrons. The van der Waals surface area contributed by atoms with Crippen LogP contribution < -0.4 is 0 Å². The summed E-state index contributed by atoms with van der Waals surface area (Å²) in [6.07, 6.45) is 4.21. The SMILES string of the molecule is Cc1c(C)c(C)c(C(Cl)C2CC3CC3C2)c(C)c1C. The van der Waals surface area contributed by atoms with E-state index in [-0.39, 0.29) is 5.38 Å². The molecule has 2 saturated carbocycles. The minimum absolute atomic E-state index is 0.228. The third-order valence-electron chi connectivity index (χ3n) is 6.03. The zero-order valence-electron chi connectivity index (χ0n) is 12.8. The molecule has 1 aromatic carbocycles. The van der Waals surface area contributed by atoms with Crippen LogP contribution in [0.25, 0.3) is 0 Å². The lowest BCUT2D eigenvalue weighted by Gasteiger charge is -2.26. The van der Waals surface area contributed by atoms with Gasteiger partial charge in [0.1, 0.15) is 0 Å². The van der Waals surface area contributed by atoms with Gasteiger partial charge in [-0.2, -0.15) is 0 Å². The molecule has 2 aliphatic rings. The smallest absolute Gasteiger partial charge is 0.0618 e.